The molecule has 0 aliphatic carbocycles. The smallest absolute Gasteiger partial charge is 0.355 e. The largest absolute Gasteiger partial charge is 0.476 e. The van der Waals surface area contributed by atoms with Crippen molar-refractivity contribution in [3.8, 4) is 0 Å². The van der Waals surface area contributed by atoms with Crippen LogP contribution in [-0.2, 0) is 0 Å². The second-order valence-corrected chi connectivity index (χ2v) is 7.03. The third-order valence-electron chi connectivity index (χ3n) is 4.42. The zero-order valence-corrected chi connectivity index (χ0v) is 12.8. The highest BCUT2D eigenvalue weighted by molar-refractivity contribution is 7.15. The van der Waals surface area contributed by atoms with Gasteiger partial charge in [-0.15, -0.1) is 11.3 Å². The Morgan fingerprint density at radius 1 is 1.40 bits per heavy atom. The van der Waals surface area contributed by atoms with Crippen molar-refractivity contribution >= 4 is 22.4 Å². The SMILES string of the molecule is Cc1sc(N2CC3CCCCN3CC2C)nc1C(=O)O. The van der Waals surface area contributed by atoms with Crippen LogP contribution in [0.4, 0.5) is 5.13 Å². The second-order valence-electron chi connectivity index (χ2n) is 5.85. The standard InChI is InChI=1S/C14H21N3O2S/c1-9-7-16-6-4-3-5-11(16)8-17(9)14-15-12(13(18)19)10(2)20-14/h9,11H,3-8H2,1-2H3,(H,18,19). The lowest BCUT2D eigenvalue weighted by molar-refractivity contribution is 0.0690. The minimum absolute atomic E-state index is 0.211. The molecular weight excluding hydrogens is 274 g/mol. The van der Waals surface area contributed by atoms with Crippen molar-refractivity contribution in [1.29, 1.82) is 0 Å². The number of fused-ring (bicyclic) bond motifs is 1. The Kier molecular flexibility index (Phi) is 3.69. The number of hydrogen-bond donors (Lipinski definition) is 1. The maximum Gasteiger partial charge on any atom is 0.355 e. The molecule has 0 saturated carbocycles. The van der Waals surface area contributed by atoms with Gasteiger partial charge in [0.2, 0.25) is 0 Å². The lowest BCUT2D eigenvalue weighted by atomic mass is 9.97. The molecule has 3 rings (SSSR count). The normalized spacial score (nSPS) is 27.4. The first kappa shape index (κ1) is 13.8. The maximum atomic E-state index is 11.1. The summed E-state index contributed by atoms with van der Waals surface area (Å²) in [6, 6.07) is 1.01. The first-order valence-corrected chi connectivity index (χ1v) is 8.09. The topological polar surface area (TPSA) is 56.7 Å². The van der Waals surface area contributed by atoms with Crippen LogP contribution in [0.5, 0.6) is 0 Å². The van der Waals surface area contributed by atoms with E-state index in [0.717, 1.165) is 23.1 Å². The van der Waals surface area contributed by atoms with Gasteiger partial charge in [0, 0.05) is 30.1 Å². The first-order chi connectivity index (χ1) is 9.56. The molecule has 20 heavy (non-hydrogen) atoms. The highest BCUT2D eigenvalue weighted by atomic mass is 32.1. The molecule has 5 nitrogen and oxygen atoms in total. The maximum absolute atomic E-state index is 11.1. The van der Waals surface area contributed by atoms with Crippen molar-refractivity contribution < 1.29 is 9.90 Å². The van der Waals surface area contributed by atoms with Gasteiger partial charge >= 0.3 is 5.97 Å². The summed E-state index contributed by atoms with van der Waals surface area (Å²) in [6.45, 7) is 7.30. The quantitative estimate of drug-likeness (QED) is 0.906. The number of carboxylic acid groups (broad SMARTS) is 1. The number of aromatic nitrogens is 1. The van der Waals surface area contributed by atoms with E-state index in [1.54, 1.807) is 0 Å². The van der Waals surface area contributed by atoms with Crippen molar-refractivity contribution in [2.45, 2.75) is 45.2 Å². The fourth-order valence-electron chi connectivity index (χ4n) is 3.32. The van der Waals surface area contributed by atoms with Gasteiger partial charge in [-0.1, -0.05) is 6.42 Å². The Bertz CT molecular complexity index is 517. The molecule has 1 aromatic rings. The van der Waals surface area contributed by atoms with E-state index in [1.165, 1.54) is 37.1 Å². The van der Waals surface area contributed by atoms with Gasteiger partial charge in [0.15, 0.2) is 10.8 Å². The summed E-state index contributed by atoms with van der Waals surface area (Å²) in [4.78, 5) is 21.2. The van der Waals surface area contributed by atoms with E-state index in [9.17, 15) is 4.79 Å². The van der Waals surface area contributed by atoms with Crippen LogP contribution in [0.25, 0.3) is 0 Å². The number of aromatic carboxylic acids is 1. The number of thiazole rings is 1. The molecule has 0 amide bonds. The van der Waals surface area contributed by atoms with Crippen molar-refractivity contribution in [3.05, 3.63) is 10.6 Å². The molecule has 0 aromatic carbocycles. The third-order valence-corrected chi connectivity index (χ3v) is 5.43. The number of rotatable bonds is 2. The molecule has 2 atom stereocenters. The van der Waals surface area contributed by atoms with Gasteiger partial charge in [-0.25, -0.2) is 9.78 Å². The minimum Gasteiger partial charge on any atom is -0.476 e. The van der Waals surface area contributed by atoms with E-state index < -0.39 is 5.97 Å². The zero-order chi connectivity index (χ0) is 14.3. The van der Waals surface area contributed by atoms with Gasteiger partial charge in [-0.05, 0) is 33.2 Å². The van der Waals surface area contributed by atoms with Crippen LogP contribution in [0, 0.1) is 6.92 Å². The Hall–Kier alpha value is -1.14. The number of nitrogens with zero attached hydrogens (tertiary/aromatic N) is 3. The Morgan fingerprint density at radius 3 is 2.90 bits per heavy atom. The summed E-state index contributed by atoms with van der Waals surface area (Å²) in [7, 11) is 0. The van der Waals surface area contributed by atoms with Crippen LogP contribution < -0.4 is 4.90 Å². The van der Waals surface area contributed by atoms with Crippen molar-refractivity contribution in [2.24, 2.45) is 0 Å². The van der Waals surface area contributed by atoms with Gasteiger partial charge in [-0.2, -0.15) is 0 Å². The van der Waals surface area contributed by atoms with Crippen LogP contribution in [0.15, 0.2) is 0 Å². The molecule has 0 radical (unpaired) electrons. The molecule has 1 aromatic heterocycles. The average molecular weight is 295 g/mol. The number of piperazine rings is 1. The molecule has 1 N–H and O–H groups in total. The minimum atomic E-state index is -0.922. The number of anilines is 1. The van der Waals surface area contributed by atoms with E-state index in [1.807, 2.05) is 6.92 Å². The van der Waals surface area contributed by atoms with Gasteiger partial charge < -0.3 is 10.0 Å². The number of carboxylic acids is 1. The Labute approximate surface area is 123 Å². The number of hydrogen-bond acceptors (Lipinski definition) is 5. The summed E-state index contributed by atoms with van der Waals surface area (Å²) in [5.41, 5.74) is 0.211. The van der Waals surface area contributed by atoms with Crippen molar-refractivity contribution in [1.82, 2.24) is 9.88 Å². The molecule has 2 unspecified atom stereocenters. The molecule has 6 heteroatoms. The molecule has 3 heterocycles. The highest BCUT2D eigenvalue weighted by Crippen LogP contribution is 2.32. The lowest BCUT2D eigenvalue weighted by Gasteiger charge is -2.47. The van der Waals surface area contributed by atoms with Crippen LogP contribution >= 0.6 is 11.3 Å². The van der Waals surface area contributed by atoms with Crippen molar-refractivity contribution in [2.75, 3.05) is 24.5 Å². The molecule has 0 spiro atoms. The predicted octanol–water partition coefficient (Wildman–Crippen LogP) is 2.21. The molecule has 2 saturated heterocycles. The van der Waals surface area contributed by atoms with Crippen LogP contribution in [0.2, 0.25) is 0 Å². The van der Waals surface area contributed by atoms with Gasteiger partial charge in [0.25, 0.3) is 0 Å². The summed E-state index contributed by atoms with van der Waals surface area (Å²) >= 11 is 1.51. The molecule has 2 aliphatic heterocycles. The lowest BCUT2D eigenvalue weighted by Crippen LogP contribution is -2.58. The molecule has 0 bridgehead atoms. The predicted molar refractivity (Wildman–Crippen MR) is 79.8 cm³/mol. The van der Waals surface area contributed by atoms with E-state index >= 15 is 0 Å². The molecule has 2 aliphatic rings. The average Bonchev–Trinajstić information content (AvgIpc) is 2.80. The van der Waals surface area contributed by atoms with E-state index in [4.69, 9.17) is 5.11 Å². The molecular formula is C14H21N3O2S. The van der Waals surface area contributed by atoms with Crippen molar-refractivity contribution in [3.63, 3.8) is 0 Å². The van der Waals surface area contributed by atoms with Crippen LogP contribution in [-0.4, -0.2) is 52.7 Å². The van der Waals surface area contributed by atoms with Gasteiger partial charge in [0.1, 0.15) is 0 Å². The Morgan fingerprint density at radius 2 is 2.20 bits per heavy atom. The summed E-state index contributed by atoms with van der Waals surface area (Å²) in [5, 5.41) is 10.0. The summed E-state index contributed by atoms with van der Waals surface area (Å²) in [5.74, 6) is -0.922. The second kappa shape index (κ2) is 5.33. The number of carbonyl (C=O) groups is 1. The third kappa shape index (κ3) is 2.42. The number of piperidine rings is 1. The molecule has 2 fully saturated rings. The Balaban J connectivity index is 1.82. The number of aryl methyl sites for hydroxylation is 1. The van der Waals surface area contributed by atoms with Crippen LogP contribution in [0.1, 0.15) is 41.6 Å². The van der Waals surface area contributed by atoms with E-state index in [2.05, 4.69) is 21.7 Å². The first-order valence-electron chi connectivity index (χ1n) is 7.27. The monoisotopic (exact) mass is 295 g/mol. The summed E-state index contributed by atoms with van der Waals surface area (Å²) < 4.78 is 0. The van der Waals surface area contributed by atoms with E-state index in [-0.39, 0.29) is 5.69 Å². The fraction of sp³-hybridized carbons (Fsp3) is 0.714. The van der Waals surface area contributed by atoms with E-state index in [0.29, 0.717) is 12.1 Å². The molecule has 110 valence electrons. The van der Waals surface area contributed by atoms with Gasteiger partial charge in [-0.3, -0.25) is 4.90 Å². The van der Waals surface area contributed by atoms with Crippen LogP contribution in [0.3, 0.4) is 0 Å². The zero-order valence-electron chi connectivity index (χ0n) is 12.0. The van der Waals surface area contributed by atoms with Gasteiger partial charge in [0.05, 0.1) is 0 Å². The fourth-order valence-corrected chi connectivity index (χ4v) is 4.33. The summed E-state index contributed by atoms with van der Waals surface area (Å²) in [6.07, 6.45) is 3.86. The highest BCUT2D eigenvalue weighted by Gasteiger charge is 2.34.